The fraction of sp³-hybridized carbons (Fsp3) is 1.00. The van der Waals surface area contributed by atoms with Gasteiger partial charge in [-0.25, -0.2) is 0 Å². The molecular weight excluding hydrogens is 88.0 g/mol. The van der Waals surface area contributed by atoms with Crippen molar-refractivity contribution < 1.29 is 10.8 Å². The fourth-order valence-electron chi connectivity index (χ4n) is 0. The van der Waals surface area contributed by atoms with Gasteiger partial charge in [0.1, 0.15) is 0 Å². The van der Waals surface area contributed by atoms with E-state index >= 15 is 0 Å². The van der Waals surface area contributed by atoms with E-state index in [0.29, 0.717) is 0 Å². The van der Waals surface area contributed by atoms with Crippen molar-refractivity contribution in [2.45, 2.75) is 0 Å². The number of hydrogen-bond donors (Lipinski definition) is 1. The third-order valence-electron chi connectivity index (χ3n) is 0. The van der Waals surface area contributed by atoms with Gasteiger partial charge in [0.15, 0.2) is 0 Å². The van der Waals surface area contributed by atoms with Crippen molar-refractivity contribution in [1.29, 1.82) is 0 Å². The van der Waals surface area contributed by atoms with Crippen LogP contribution in [0.1, 0.15) is 0 Å². The molecule has 0 bridgehead atoms. The Labute approximate surface area is 34.5 Å². The molecule has 5 nitrogen and oxygen atoms in total. The SMILES string of the molecule is C[NH3+].O=[N+]([O-])[O-]. The third-order valence-corrected chi connectivity index (χ3v) is 0. The minimum atomic E-state index is -1.75. The molecule has 0 spiro atoms. The van der Waals surface area contributed by atoms with Crippen LogP contribution >= 0.6 is 0 Å². The molecule has 38 valence electrons. The molecule has 0 aromatic carbocycles. The molecule has 0 aliphatic heterocycles. The molecule has 5 heteroatoms. The quantitative estimate of drug-likeness (QED) is 0.296. The second-order valence-corrected chi connectivity index (χ2v) is 0.224. The van der Waals surface area contributed by atoms with Gasteiger partial charge in [-0.1, -0.05) is 0 Å². The van der Waals surface area contributed by atoms with Gasteiger partial charge in [0.05, 0.1) is 12.1 Å². The molecule has 0 aliphatic carbocycles. The van der Waals surface area contributed by atoms with Crippen LogP contribution in [-0.4, -0.2) is 12.1 Å². The van der Waals surface area contributed by atoms with Crippen molar-refractivity contribution in [3.05, 3.63) is 15.3 Å². The van der Waals surface area contributed by atoms with Crippen LogP contribution in [0.25, 0.3) is 0 Å². The number of nitrogens with zero attached hydrogens (tertiary/aromatic N) is 1. The number of rotatable bonds is 0. The van der Waals surface area contributed by atoms with E-state index in [2.05, 4.69) is 5.73 Å². The molecule has 0 unspecified atom stereocenters. The smallest absolute Gasteiger partial charge is 0.0689 e. The molecule has 0 heterocycles. The molecular formula is CH6N2O3. The molecule has 0 saturated carbocycles. The molecule has 0 fully saturated rings. The van der Waals surface area contributed by atoms with Gasteiger partial charge in [0.2, 0.25) is 0 Å². The van der Waals surface area contributed by atoms with Crippen molar-refractivity contribution in [3.63, 3.8) is 0 Å². The standard InChI is InChI=1S/CH5N.NO3/c1-2;2-1(3)4/h2H2,1H3;/q;-1/p+1. The van der Waals surface area contributed by atoms with E-state index < -0.39 is 5.09 Å². The summed E-state index contributed by atoms with van der Waals surface area (Å²) in [5.74, 6) is 0. The molecule has 0 amide bonds. The van der Waals surface area contributed by atoms with Crippen molar-refractivity contribution in [3.8, 4) is 0 Å². The lowest BCUT2D eigenvalue weighted by Gasteiger charge is -1.74. The molecule has 0 radical (unpaired) electrons. The van der Waals surface area contributed by atoms with Crippen LogP contribution in [0.5, 0.6) is 0 Å². The van der Waals surface area contributed by atoms with Gasteiger partial charge in [-0.05, 0) is 0 Å². The topological polar surface area (TPSA) is 93.8 Å². The Kier molecular flexibility index (Phi) is 13.3. The number of hydrogen-bond acceptors (Lipinski definition) is 3. The zero-order chi connectivity index (χ0) is 5.58. The lowest BCUT2D eigenvalue weighted by atomic mass is 11.6. The molecule has 0 saturated heterocycles. The highest BCUT2D eigenvalue weighted by molar-refractivity contribution is 4.03. The predicted molar refractivity (Wildman–Crippen MR) is 19.2 cm³/mol. The summed E-state index contributed by atoms with van der Waals surface area (Å²) in [7, 11) is 1.75. The van der Waals surface area contributed by atoms with Gasteiger partial charge in [0.25, 0.3) is 0 Å². The monoisotopic (exact) mass is 94.0 g/mol. The molecule has 0 aromatic heterocycles. The average molecular weight is 94.1 g/mol. The average Bonchev–Trinajstić information content (AvgIpc) is 1.41. The molecule has 0 rings (SSSR count). The number of quaternary nitrogens is 1. The van der Waals surface area contributed by atoms with E-state index in [-0.39, 0.29) is 0 Å². The van der Waals surface area contributed by atoms with Crippen LogP contribution in [0.15, 0.2) is 0 Å². The Balaban J connectivity index is 0. The van der Waals surface area contributed by atoms with Crippen LogP contribution < -0.4 is 5.73 Å². The normalized spacial score (nSPS) is 5.00. The summed E-state index contributed by atoms with van der Waals surface area (Å²) < 4.78 is 0. The summed E-state index contributed by atoms with van der Waals surface area (Å²) in [6, 6.07) is 0. The summed E-state index contributed by atoms with van der Waals surface area (Å²) in [5, 5.41) is 14.8. The Morgan fingerprint density at radius 2 is 1.50 bits per heavy atom. The highest BCUT2D eigenvalue weighted by atomic mass is 16.9. The van der Waals surface area contributed by atoms with E-state index in [1.54, 1.807) is 7.05 Å². The van der Waals surface area contributed by atoms with Gasteiger partial charge in [-0.3, -0.25) is 0 Å². The predicted octanol–water partition coefficient (Wildman–Crippen LogP) is -1.38. The summed E-state index contributed by atoms with van der Waals surface area (Å²) in [6.45, 7) is 0. The van der Waals surface area contributed by atoms with E-state index in [1.807, 2.05) is 0 Å². The van der Waals surface area contributed by atoms with Gasteiger partial charge >= 0.3 is 0 Å². The first-order valence-corrected chi connectivity index (χ1v) is 1.25. The summed E-state index contributed by atoms with van der Waals surface area (Å²) in [5.41, 5.74) is 3.25. The maximum atomic E-state index is 8.25. The minimum absolute atomic E-state index is 1.75. The van der Waals surface area contributed by atoms with Crippen LogP contribution in [0, 0.1) is 15.3 Å². The maximum absolute atomic E-state index is 8.25. The molecule has 0 aliphatic rings. The van der Waals surface area contributed by atoms with E-state index in [9.17, 15) is 0 Å². The van der Waals surface area contributed by atoms with E-state index in [4.69, 9.17) is 15.3 Å². The molecule has 0 aromatic rings. The second-order valence-electron chi connectivity index (χ2n) is 0.224. The Morgan fingerprint density at radius 1 is 1.50 bits per heavy atom. The van der Waals surface area contributed by atoms with Crippen molar-refractivity contribution in [2.24, 2.45) is 0 Å². The lowest BCUT2D eigenvalue weighted by Crippen LogP contribution is -2.40. The molecule has 0 atom stereocenters. The van der Waals surface area contributed by atoms with Crippen molar-refractivity contribution in [1.82, 2.24) is 0 Å². The highest BCUT2D eigenvalue weighted by Crippen LogP contribution is 1.44. The Bertz CT molecular complexity index is 31.8. The fourth-order valence-corrected chi connectivity index (χ4v) is 0. The zero-order valence-corrected chi connectivity index (χ0v) is 3.38. The lowest BCUT2D eigenvalue weighted by molar-refractivity contribution is -0.402. The largest absolute Gasteiger partial charge is 0.360 e. The zero-order valence-electron chi connectivity index (χ0n) is 3.38. The van der Waals surface area contributed by atoms with Crippen molar-refractivity contribution >= 4 is 0 Å². The van der Waals surface area contributed by atoms with Gasteiger partial charge in [-0.15, -0.1) is 0 Å². The maximum Gasteiger partial charge on any atom is 0.0689 e. The molecule has 6 heavy (non-hydrogen) atoms. The highest BCUT2D eigenvalue weighted by Gasteiger charge is 1.45. The summed E-state index contributed by atoms with van der Waals surface area (Å²) in [6.07, 6.45) is 0. The van der Waals surface area contributed by atoms with E-state index in [1.165, 1.54) is 0 Å². The first-order valence-electron chi connectivity index (χ1n) is 1.25. The summed E-state index contributed by atoms with van der Waals surface area (Å²) >= 11 is 0. The summed E-state index contributed by atoms with van der Waals surface area (Å²) in [4.78, 5) is 8.25. The van der Waals surface area contributed by atoms with Gasteiger partial charge in [0, 0.05) is 0 Å². The first-order chi connectivity index (χ1) is 2.73. The van der Waals surface area contributed by atoms with Gasteiger partial charge in [-0.2, -0.15) is 0 Å². The Hall–Kier alpha value is -0.840. The third kappa shape index (κ3) is 20.9. The van der Waals surface area contributed by atoms with Crippen LogP contribution in [0.2, 0.25) is 0 Å². The Morgan fingerprint density at radius 3 is 1.50 bits per heavy atom. The molecule has 3 N–H and O–H groups in total. The first kappa shape index (κ1) is 8.94. The van der Waals surface area contributed by atoms with Gasteiger partial charge < -0.3 is 21.1 Å². The van der Waals surface area contributed by atoms with E-state index in [0.717, 1.165) is 0 Å². The van der Waals surface area contributed by atoms with Crippen molar-refractivity contribution in [2.75, 3.05) is 7.05 Å². The van der Waals surface area contributed by atoms with Crippen LogP contribution in [0.4, 0.5) is 0 Å². The van der Waals surface area contributed by atoms with Crippen LogP contribution in [-0.2, 0) is 0 Å². The second kappa shape index (κ2) is 8.90. The minimum Gasteiger partial charge on any atom is -0.360 e. The van der Waals surface area contributed by atoms with Crippen LogP contribution in [0.3, 0.4) is 0 Å².